The largest absolute Gasteiger partial charge is 0.299 e. The maximum atomic E-state index is 11.3. The zero-order chi connectivity index (χ0) is 9.84. The summed E-state index contributed by atoms with van der Waals surface area (Å²) in [4.78, 5) is 0.722. The van der Waals surface area contributed by atoms with Crippen LogP contribution in [0.1, 0.15) is 11.1 Å². The van der Waals surface area contributed by atoms with Gasteiger partial charge in [-0.1, -0.05) is 28.1 Å². The van der Waals surface area contributed by atoms with Crippen molar-refractivity contribution >= 4 is 32.3 Å². The van der Waals surface area contributed by atoms with E-state index in [-0.39, 0.29) is 0 Å². The van der Waals surface area contributed by atoms with Crippen LogP contribution in [0.2, 0.25) is 0 Å². The number of nitrogens with one attached hydrogen (secondary N) is 1. The fourth-order valence-electron chi connectivity index (χ4n) is 1.08. The zero-order valence-corrected chi connectivity index (χ0v) is 9.61. The summed E-state index contributed by atoms with van der Waals surface area (Å²) in [6.07, 6.45) is 0. The zero-order valence-electron chi connectivity index (χ0n) is 7.21. The van der Waals surface area contributed by atoms with Gasteiger partial charge in [-0.15, -0.1) is 0 Å². The van der Waals surface area contributed by atoms with Gasteiger partial charge in [-0.2, -0.15) is 0 Å². The van der Waals surface area contributed by atoms with Crippen molar-refractivity contribution in [3.05, 3.63) is 29.3 Å². The van der Waals surface area contributed by atoms with Gasteiger partial charge < -0.3 is 0 Å². The molecule has 0 saturated heterocycles. The van der Waals surface area contributed by atoms with E-state index in [0.717, 1.165) is 26.9 Å². The Balaban J connectivity index is 3.12. The number of rotatable bonds is 3. The summed E-state index contributed by atoms with van der Waals surface area (Å²) in [5.74, 6) is 0. The van der Waals surface area contributed by atoms with Crippen molar-refractivity contribution in [2.75, 3.05) is 0 Å². The van der Waals surface area contributed by atoms with Crippen molar-refractivity contribution in [1.82, 2.24) is 0 Å². The van der Waals surface area contributed by atoms with Crippen molar-refractivity contribution in [2.24, 2.45) is 0 Å². The Morgan fingerprint density at radius 2 is 2.31 bits per heavy atom. The van der Waals surface area contributed by atoms with E-state index in [1.165, 1.54) is 0 Å². The maximum absolute atomic E-state index is 11.3. The van der Waals surface area contributed by atoms with E-state index >= 15 is 0 Å². The summed E-state index contributed by atoms with van der Waals surface area (Å²) in [6, 6.07) is 5.71. The van der Waals surface area contributed by atoms with Gasteiger partial charge in [0.2, 0.25) is 0 Å². The standard InChI is InChI=1S/C9H10BrNOS/c1-7-4-8(5-10)2-3-9(7)13(12)6-11/h2-4,6,11H,5H2,1H3. The average molecular weight is 260 g/mol. The van der Waals surface area contributed by atoms with Gasteiger partial charge in [-0.3, -0.25) is 5.41 Å². The number of aryl methyl sites for hydroxylation is 1. The quantitative estimate of drug-likeness (QED) is 0.506. The Morgan fingerprint density at radius 1 is 1.62 bits per heavy atom. The SMILES string of the molecule is Cc1cc(CBr)ccc1S(=O)C=N. The van der Waals surface area contributed by atoms with Gasteiger partial charge in [0, 0.05) is 10.2 Å². The fourth-order valence-corrected chi connectivity index (χ4v) is 2.14. The first-order valence-electron chi connectivity index (χ1n) is 3.75. The second-order valence-corrected chi connectivity index (χ2v) is 4.48. The second-order valence-electron chi connectivity index (χ2n) is 2.65. The van der Waals surface area contributed by atoms with E-state index in [1.807, 2.05) is 25.1 Å². The van der Waals surface area contributed by atoms with Crippen LogP contribution in [-0.4, -0.2) is 9.76 Å². The molecule has 0 aliphatic carbocycles. The summed E-state index contributed by atoms with van der Waals surface area (Å²) in [6.45, 7) is 1.91. The molecule has 0 bridgehead atoms. The third kappa shape index (κ3) is 2.48. The highest BCUT2D eigenvalue weighted by Gasteiger charge is 2.04. The maximum Gasteiger partial charge on any atom is 0.0957 e. The van der Waals surface area contributed by atoms with E-state index in [2.05, 4.69) is 15.9 Å². The predicted octanol–water partition coefficient (Wildman–Crippen LogP) is 2.60. The van der Waals surface area contributed by atoms with Crippen LogP contribution in [0.3, 0.4) is 0 Å². The second kappa shape index (κ2) is 4.67. The number of benzene rings is 1. The molecule has 1 aromatic carbocycles. The average Bonchev–Trinajstić information content (AvgIpc) is 2.16. The smallest absolute Gasteiger partial charge is 0.0957 e. The number of halogens is 1. The lowest BCUT2D eigenvalue weighted by molar-refractivity contribution is 0.689. The van der Waals surface area contributed by atoms with Crippen LogP contribution in [0.15, 0.2) is 23.1 Å². The normalized spacial score (nSPS) is 12.5. The Morgan fingerprint density at radius 3 is 2.77 bits per heavy atom. The predicted molar refractivity (Wildman–Crippen MR) is 59.0 cm³/mol. The van der Waals surface area contributed by atoms with Gasteiger partial charge >= 0.3 is 0 Å². The summed E-state index contributed by atoms with van der Waals surface area (Å²) < 4.78 is 11.3. The highest BCUT2D eigenvalue weighted by Crippen LogP contribution is 2.16. The topological polar surface area (TPSA) is 40.9 Å². The molecule has 0 aromatic heterocycles. The van der Waals surface area contributed by atoms with Crippen LogP contribution in [0, 0.1) is 12.3 Å². The van der Waals surface area contributed by atoms with E-state index < -0.39 is 10.8 Å². The Hall–Kier alpha value is -0.480. The molecule has 0 aliphatic rings. The van der Waals surface area contributed by atoms with Crippen LogP contribution >= 0.6 is 15.9 Å². The van der Waals surface area contributed by atoms with E-state index in [0.29, 0.717) is 0 Å². The molecule has 70 valence electrons. The van der Waals surface area contributed by atoms with Crippen molar-refractivity contribution in [3.8, 4) is 0 Å². The molecule has 1 unspecified atom stereocenters. The van der Waals surface area contributed by atoms with Crippen LogP contribution in [0.5, 0.6) is 0 Å². The third-order valence-electron chi connectivity index (χ3n) is 1.72. The Labute approximate surface area is 88.5 Å². The summed E-state index contributed by atoms with van der Waals surface area (Å²) in [5, 5.41) is 7.70. The molecule has 0 heterocycles. The lowest BCUT2D eigenvalue weighted by Crippen LogP contribution is -1.95. The molecule has 0 saturated carbocycles. The van der Waals surface area contributed by atoms with E-state index in [1.54, 1.807) is 0 Å². The summed E-state index contributed by atoms with van der Waals surface area (Å²) >= 11 is 3.35. The molecule has 1 N–H and O–H groups in total. The molecule has 0 radical (unpaired) electrons. The van der Waals surface area contributed by atoms with Gasteiger partial charge in [0.25, 0.3) is 0 Å². The molecule has 13 heavy (non-hydrogen) atoms. The van der Waals surface area contributed by atoms with Crippen molar-refractivity contribution in [2.45, 2.75) is 17.1 Å². The summed E-state index contributed by atoms with van der Waals surface area (Å²) in [5.41, 5.74) is 3.08. The first-order valence-corrected chi connectivity index (χ1v) is 6.09. The van der Waals surface area contributed by atoms with E-state index in [4.69, 9.17) is 5.41 Å². The van der Waals surface area contributed by atoms with Crippen LogP contribution in [0.25, 0.3) is 0 Å². The lowest BCUT2D eigenvalue weighted by Gasteiger charge is -2.03. The van der Waals surface area contributed by atoms with Gasteiger partial charge in [-0.25, -0.2) is 4.21 Å². The lowest BCUT2D eigenvalue weighted by atomic mass is 10.2. The molecule has 0 spiro atoms. The van der Waals surface area contributed by atoms with Crippen molar-refractivity contribution in [1.29, 1.82) is 5.41 Å². The molecule has 2 nitrogen and oxygen atoms in total. The molecule has 0 aliphatic heterocycles. The van der Waals surface area contributed by atoms with Crippen molar-refractivity contribution < 1.29 is 4.21 Å². The van der Waals surface area contributed by atoms with Gasteiger partial charge in [0.1, 0.15) is 0 Å². The molecule has 0 fully saturated rings. The molecule has 4 heteroatoms. The number of alkyl halides is 1. The minimum Gasteiger partial charge on any atom is -0.299 e. The fraction of sp³-hybridized carbons (Fsp3) is 0.222. The monoisotopic (exact) mass is 259 g/mol. The van der Waals surface area contributed by atoms with Crippen LogP contribution in [0.4, 0.5) is 0 Å². The van der Waals surface area contributed by atoms with Gasteiger partial charge in [0.15, 0.2) is 0 Å². The molecule has 1 aromatic rings. The number of hydrogen-bond acceptors (Lipinski definition) is 2. The van der Waals surface area contributed by atoms with E-state index in [9.17, 15) is 4.21 Å². The third-order valence-corrected chi connectivity index (χ3v) is 3.47. The summed E-state index contributed by atoms with van der Waals surface area (Å²) in [7, 11) is -1.29. The highest BCUT2D eigenvalue weighted by atomic mass is 79.9. The number of hydrogen-bond donors (Lipinski definition) is 1. The van der Waals surface area contributed by atoms with Crippen molar-refractivity contribution in [3.63, 3.8) is 0 Å². The molecule has 1 rings (SSSR count). The minimum atomic E-state index is -1.29. The Bertz CT molecular complexity index is 351. The van der Waals surface area contributed by atoms with Crippen LogP contribution < -0.4 is 0 Å². The molecule has 1 atom stereocenters. The molecular formula is C9H10BrNOS. The first kappa shape index (κ1) is 10.6. The van der Waals surface area contributed by atoms with Gasteiger partial charge in [0.05, 0.1) is 16.3 Å². The minimum absolute atomic E-state index is 0.722. The molecular weight excluding hydrogens is 250 g/mol. The highest BCUT2D eigenvalue weighted by molar-refractivity contribution is 9.08. The Kier molecular flexibility index (Phi) is 3.81. The first-order chi connectivity index (χ1) is 6.19. The van der Waals surface area contributed by atoms with Crippen LogP contribution in [-0.2, 0) is 16.1 Å². The van der Waals surface area contributed by atoms with Gasteiger partial charge in [-0.05, 0) is 24.1 Å². The molecule has 0 amide bonds.